The van der Waals surface area contributed by atoms with Crippen LogP contribution in [-0.4, -0.2) is 76.6 Å². The van der Waals surface area contributed by atoms with Gasteiger partial charge in [0.1, 0.15) is 6.04 Å². The zero-order valence-electron chi connectivity index (χ0n) is 16.7. The summed E-state index contributed by atoms with van der Waals surface area (Å²) in [6.07, 6.45) is 1.71. The highest BCUT2D eigenvalue weighted by Gasteiger charge is 2.30. The lowest BCUT2D eigenvalue weighted by atomic mass is 10.0. The van der Waals surface area contributed by atoms with Gasteiger partial charge in [-0.05, 0) is 25.0 Å². The Bertz CT molecular complexity index is 668. The summed E-state index contributed by atoms with van der Waals surface area (Å²) in [7, 11) is -0.795. The fourth-order valence-corrected chi connectivity index (χ4v) is 3.60. The molecule has 2 rings (SSSR count). The van der Waals surface area contributed by atoms with Crippen molar-refractivity contribution in [2.75, 3.05) is 44.7 Å². The van der Waals surface area contributed by atoms with Gasteiger partial charge in [0, 0.05) is 61.1 Å². The molecule has 2 unspecified atom stereocenters. The van der Waals surface area contributed by atoms with Crippen molar-refractivity contribution < 1.29 is 13.8 Å². The van der Waals surface area contributed by atoms with Gasteiger partial charge < -0.3 is 10.2 Å². The van der Waals surface area contributed by atoms with E-state index in [0.29, 0.717) is 24.4 Å². The summed E-state index contributed by atoms with van der Waals surface area (Å²) in [5.41, 5.74) is 1.66. The van der Waals surface area contributed by atoms with E-state index < -0.39 is 16.8 Å². The highest BCUT2D eigenvalue weighted by atomic mass is 32.2. The first-order chi connectivity index (χ1) is 12.8. The second kappa shape index (κ2) is 9.99. The third-order valence-corrected chi connectivity index (χ3v) is 5.67. The van der Waals surface area contributed by atoms with E-state index in [4.69, 9.17) is 0 Å². The van der Waals surface area contributed by atoms with Crippen LogP contribution < -0.4 is 5.32 Å². The number of hydrogen-bond acceptors (Lipinski definition) is 4. The van der Waals surface area contributed by atoms with Gasteiger partial charge in [0.05, 0.1) is 0 Å². The lowest BCUT2D eigenvalue weighted by Crippen LogP contribution is -2.56. The zero-order chi connectivity index (χ0) is 20.0. The van der Waals surface area contributed by atoms with Crippen molar-refractivity contribution in [2.45, 2.75) is 26.8 Å². The van der Waals surface area contributed by atoms with Crippen molar-refractivity contribution in [1.29, 1.82) is 0 Å². The van der Waals surface area contributed by atoms with Crippen LogP contribution in [-0.2, 0) is 15.6 Å². The predicted molar refractivity (Wildman–Crippen MR) is 109 cm³/mol. The number of hydrogen-bond donors (Lipinski definition) is 1. The van der Waals surface area contributed by atoms with E-state index in [1.54, 1.807) is 18.4 Å². The van der Waals surface area contributed by atoms with Crippen LogP contribution in [0.15, 0.2) is 24.3 Å². The first-order valence-corrected chi connectivity index (χ1v) is 11.2. The maximum Gasteiger partial charge on any atom is 0.251 e. The van der Waals surface area contributed by atoms with Crippen molar-refractivity contribution in [3.8, 4) is 0 Å². The molecule has 1 heterocycles. The normalized spacial score (nSPS) is 17.6. The van der Waals surface area contributed by atoms with E-state index in [1.165, 1.54) is 0 Å². The molecule has 1 aromatic rings. The maximum absolute atomic E-state index is 13.0. The molecule has 1 N–H and O–H groups in total. The number of piperazine rings is 1. The summed E-state index contributed by atoms with van der Waals surface area (Å²) in [5, 5.41) is 2.92. The lowest BCUT2D eigenvalue weighted by Gasteiger charge is -2.37. The molecular formula is C20H31N3O3S. The largest absolute Gasteiger partial charge is 0.340 e. The molecule has 27 heavy (non-hydrogen) atoms. The van der Waals surface area contributed by atoms with Crippen molar-refractivity contribution in [2.24, 2.45) is 5.92 Å². The third kappa shape index (κ3) is 6.43. The highest BCUT2D eigenvalue weighted by molar-refractivity contribution is 7.84. The smallest absolute Gasteiger partial charge is 0.251 e. The van der Waals surface area contributed by atoms with Gasteiger partial charge in [0.25, 0.3) is 5.91 Å². The van der Waals surface area contributed by atoms with E-state index in [-0.39, 0.29) is 17.7 Å². The molecule has 0 spiro atoms. The zero-order valence-corrected chi connectivity index (χ0v) is 17.6. The van der Waals surface area contributed by atoms with Gasteiger partial charge in [-0.1, -0.05) is 31.5 Å². The fourth-order valence-electron chi connectivity index (χ4n) is 3.09. The molecule has 1 aromatic carbocycles. The SMILES string of the molecule is Cc1ccc(C(=O)NC(C(=O)N2CCN(CCS(C)=O)CC2)C(C)C)cc1. The summed E-state index contributed by atoms with van der Waals surface area (Å²) in [6.45, 7) is 9.50. The number of benzene rings is 1. The van der Waals surface area contributed by atoms with Crippen LogP contribution in [0.5, 0.6) is 0 Å². The van der Waals surface area contributed by atoms with Crippen LogP contribution >= 0.6 is 0 Å². The quantitative estimate of drug-likeness (QED) is 0.758. The predicted octanol–water partition coefficient (Wildman–Crippen LogP) is 1.27. The van der Waals surface area contributed by atoms with E-state index in [2.05, 4.69) is 10.2 Å². The number of nitrogens with zero attached hydrogens (tertiary/aromatic N) is 2. The minimum Gasteiger partial charge on any atom is -0.340 e. The van der Waals surface area contributed by atoms with Gasteiger partial charge in [-0.25, -0.2) is 0 Å². The summed E-state index contributed by atoms with van der Waals surface area (Å²) in [4.78, 5) is 29.6. The first-order valence-electron chi connectivity index (χ1n) is 9.46. The Hall–Kier alpha value is -1.73. The van der Waals surface area contributed by atoms with Gasteiger partial charge in [-0.15, -0.1) is 0 Å². The number of rotatable bonds is 7. The number of aryl methyl sites for hydroxylation is 1. The van der Waals surface area contributed by atoms with Gasteiger partial charge in [-0.2, -0.15) is 0 Å². The van der Waals surface area contributed by atoms with E-state index in [1.807, 2.05) is 37.8 Å². The average molecular weight is 394 g/mol. The maximum atomic E-state index is 13.0. The van der Waals surface area contributed by atoms with Crippen LogP contribution in [0.4, 0.5) is 0 Å². The van der Waals surface area contributed by atoms with Crippen molar-refractivity contribution >= 4 is 22.6 Å². The molecule has 0 aromatic heterocycles. The number of amides is 2. The van der Waals surface area contributed by atoms with Gasteiger partial charge in [-0.3, -0.25) is 18.7 Å². The highest BCUT2D eigenvalue weighted by Crippen LogP contribution is 2.11. The molecule has 150 valence electrons. The molecule has 1 fully saturated rings. The van der Waals surface area contributed by atoms with Crippen LogP contribution in [0.25, 0.3) is 0 Å². The Morgan fingerprint density at radius 3 is 2.22 bits per heavy atom. The molecule has 6 nitrogen and oxygen atoms in total. The Labute approximate surface area is 164 Å². The van der Waals surface area contributed by atoms with Crippen molar-refractivity contribution in [3.05, 3.63) is 35.4 Å². The molecule has 7 heteroatoms. The lowest BCUT2D eigenvalue weighted by molar-refractivity contribution is -0.136. The Kier molecular flexibility index (Phi) is 7.98. The molecule has 0 radical (unpaired) electrons. The molecule has 2 amide bonds. The topological polar surface area (TPSA) is 69.7 Å². The summed E-state index contributed by atoms with van der Waals surface area (Å²) < 4.78 is 11.2. The van der Waals surface area contributed by atoms with Crippen LogP contribution in [0.2, 0.25) is 0 Å². The van der Waals surface area contributed by atoms with Crippen LogP contribution in [0, 0.1) is 12.8 Å². The Morgan fingerprint density at radius 1 is 1.11 bits per heavy atom. The summed E-state index contributed by atoms with van der Waals surface area (Å²) in [5.74, 6) is 0.428. The van der Waals surface area contributed by atoms with Gasteiger partial charge in [0.2, 0.25) is 5.91 Å². The molecular weight excluding hydrogens is 362 g/mol. The minimum atomic E-state index is -0.795. The van der Waals surface area contributed by atoms with Crippen LogP contribution in [0.3, 0.4) is 0 Å². The van der Waals surface area contributed by atoms with Crippen LogP contribution in [0.1, 0.15) is 29.8 Å². The molecule has 0 bridgehead atoms. The Morgan fingerprint density at radius 2 is 1.70 bits per heavy atom. The number of nitrogens with one attached hydrogen (secondary N) is 1. The van der Waals surface area contributed by atoms with Gasteiger partial charge >= 0.3 is 0 Å². The molecule has 1 aliphatic heterocycles. The molecule has 1 aliphatic rings. The molecule has 1 saturated heterocycles. The second-order valence-electron chi connectivity index (χ2n) is 7.51. The average Bonchev–Trinajstić information content (AvgIpc) is 2.64. The number of carbonyl (C=O) groups excluding carboxylic acids is 2. The first kappa shape index (κ1) is 21.6. The third-order valence-electron chi connectivity index (χ3n) is 4.91. The van der Waals surface area contributed by atoms with Gasteiger partial charge in [0.15, 0.2) is 0 Å². The molecule has 2 atom stereocenters. The minimum absolute atomic E-state index is 0.00689. The standard InChI is InChI=1S/C20H31N3O3S/c1-15(2)18(21-19(24)17-7-5-16(3)6-8-17)20(25)23-11-9-22(10-12-23)13-14-27(4)26/h5-8,15,18H,9-14H2,1-4H3,(H,21,24). The Balaban J connectivity index is 1.94. The second-order valence-corrected chi connectivity index (χ2v) is 9.06. The molecule has 0 aliphatic carbocycles. The van der Waals surface area contributed by atoms with E-state index >= 15 is 0 Å². The summed E-state index contributed by atoms with van der Waals surface area (Å²) >= 11 is 0. The van der Waals surface area contributed by atoms with Crippen molar-refractivity contribution in [1.82, 2.24) is 15.1 Å². The summed E-state index contributed by atoms with van der Waals surface area (Å²) in [6, 6.07) is 6.81. The molecule has 0 saturated carbocycles. The fraction of sp³-hybridized carbons (Fsp3) is 0.600. The monoisotopic (exact) mass is 393 g/mol. The van der Waals surface area contributed by atoms with Crippen molar-refractivity contribution in [3.63, 3.8) is 0 Å². The van der Waals surface area contributed by atoms with E-state index in [9.17, 15) is 13.8 Å². The number of carbonyl (C=O) groups is 2. The van der Waals surface area contributed by atoms with E-state index in [0.717, 1.165) is 25.2 Å².